The predicted octanol–water partition coefficient (Wildman–Crippen LogP) is 2.89. The van der Waals surface area contributed by atoms with Gasteiger partial charge in [-0.3, -0.25) is 0 Å². The summed E-state index contributed by atoms with van der Waals surface area (Å²) in [4.78, 5) is 13.4. The van der Waals surface area contributed by atoms with E-state index in [2.05, 4.69) is 13.8 Å². The van der Waals surface area contributed by atoms with Crippen LogP contribution in [-0.4, -0.2) is 41.4 Å². The molecule has 1 aliphatic carbocycles. The fraction of sp³-hybridized carbons (Fsp3) is 0.478. The van der Waals surface area contributed by atoms with Crippen LogP contribution in [0, 0.1) is 13.8 Å². The predicted molar refractivity (Wildman–Crippen MR) is 117 cm³/mol. The minimum Gasteiger partial charge on any atom is -0.438 e. The van der Waals surface area contributed by atoms with Crippen LogP contribution in [0.3, 0.4) is 0 Å². The Labute approximate surface area is 180 Å². The number of hydrogen-bond acceptors (Lipinski definition) is 6. The van der Waals surface area contributed by atoms with Crippen LogP contribution in [-0.2, 0) is 17.7 Å². The van der Waals surface area contributed by atoms with E-state index in [-0.39, 0.29) is 0 Å². The number of rotatable bonds is 4. The van der Waals surface area contributed by atoms with Crippen molar-refractivity contribution in [3.8, 4) is 11.6 Å². The molecule has 0 saturated carbocycles. The molecule has 3 aromatic rings. The number of nitrogens with zero attached hydrogens (tertiary/aromatic N) is 2. The maximum Gasteiger partial charge on any atom is 0.231 e. The number of hydrogen-bond donors (Lipinski definition) is 2. The molecule has 5 rings (SSSR count). The quantitative estimate of drug-likeness (QED) is 0.671. The largest absolute Gasteiger partial charge is 0.438 e. The Balaban J connectivity index is 1.55. The van der Waals surface area contributed by atoms with E-state index in [1.165, 1.54) is 15.3 Å². The number of nitrogens with one attached hydrogen (secondary N) is 1. The van der Waals surface area contributed by atoms with Crippen molar-refractivity contribution in [2.45, 2.75) is 45.8 Å². The molecule has 0 unspecified atom stereocenters. The van der Waals surface area contributed by atoms with Gasteiger partial charge in [0.1, 0.15) is 30.2 Å². The highest BCUT2D eigenvalue weighted by Crippen LogP contribution is 2.40. The van der Waals surface area contributed by atoms with Gasteiger partial charge in [-0.25, -0.2) is 4.98 Å². The highest BCUT2D eigenvalue weighted by atomic mass is 32.1. The summed E-state index contributed by atoms with van der Waals surface area (Å²) < 4.78 is 12.0. The molecule has 1 saturated heterocycles. The summed E-state index contributed by atoms with van der Waals surface area (Å²) >= 11 is 1.70. The van der Waals surface area contributed by atoms with E-state index in [1.807, 2.05) is 18.2 Å². The molecule has 7 heteroatoms. The molecule has 1 atom stereocenters. The molecular formula is C23H28N3O3S+. The van der Waals surface area contributed by atoms with E-state index in [0.717, 1.165) is 85.0 Å². The highest BCUT2D eigenvalue weighted by Gasteiger charge is 2.24. The molecule has 6 nitrogen and oxygen atoms in total. The number of fused-ring (bicyclic) bond motifs is 2. The van der Waals surface area contributed by atoms with E-state index in [4.69, 9.17) is 19.4 Å². The molecule has 1 aliphatic heterocycles. The fourth-order valence-electron chi connectivity index (χ4n) is 4.46. The Morgan fingerprint density at radius 1 is 1.23 bits per heavy atom. The summed E-state index contributed by atoms with van der Waals surface area (Å²) in [6, 6.07) is 5.96. The molecule has 2 aromatic heterocycles. The smallest absolute Gasteiger partial charge is 0.231 e. The number of morpholine rings is 1. The minimum absolute atomic E-state index is 0.409. The number of aromatic nitrogens is 2. The first-order chi connectivity index (χ1) is 14.6. The summed E-state index contributed by atoms with van der Waals surface area (Å²) in [5, 5.41) is 11.4. The summed E-state index contributed by atoms with van der Waals surface area (Å²) in [6.07, 6.45) is 2.29. The molecule has 1 fully saturated rings. The van der Waals surface area contributed by atoms with Gasteiger partial charge >= 0.3 is 0 Å². The van der Waals surface area contributed by atoms with Crippen molar-refractivity contribution in [2.24, 2.45) is 0 Å². The first-order valence-electron chi connectivity index (χ1n) is 10.8. The van der Waals surface area contributed by atoms with E-state index < -0.39 is 6.10 Å². The Hall–Kier alpha value is -2.06. The van der Waals surface area contributed by atoms with Gasteiger partial charge in [0, 0.05) is 10.4 Å². The number of aliphatic hydroxyl groups excluding tert-OH is 1. The van der Waals surface area contributed by atoms with Crippen LogP contribution in [0.15, 0.2) is 18.2 Å². The second kappa shape index (κ2) is 8.23. The van der Waals surface area contributed by atoms with Crippen LogP contribution in [0.2, 0.25) is 0 Å². The van der Waals surface area contributed by atoms with Gasteiger partial charge in [-0.15, -0.1) is 11.3 Å². The monoisotopic (exact) mass is 426 g/mol. The van der Waals surface area contributed by atoms with Gasteiger partial charge in [0.15, 0.2) is 5.82 Å². The average Bonchev–Trinajstić information content (AvgIpc) is 3.03. The Bertz CT molecular complexity index is 1080. The number of ether oxygens (including phenoxy) is 2. The summed E-state index contributed by atoms with van der Waals surface area (Å²) in [5.74, 6) is 2.26. The van der Waals surface area contributed by atoms with Crippen molar-refractivity contribution >= 4 is 21.6 Å². The molecule has 0 radical (unpaired) electrons. The van der Waals surface area contributed by atoms with E-state index in [9.17, 15) is 5.11 Å². The summed E-state index contributed by atoms with van der Waals surface area (Å²) in [7, 11) is 0. The standard InChI is InChI=1S/C23H27N3O3S/c1-14-15(2)30-23-21(14)22(24-20(25-23)13-26-9-11-28-12-10-26)29-19-8-4-5-16-17(19)6-3-7-18(16)27/h4-5,8,18,27H,3,6-7,9-13H2,1-2H3/p+1/t18-/m0/s1. The first-order valence-corrected chi connectivity index (χ1v) is 11.6. The fourth-order valence-corrected chi connectivity index (χ4v) is 5.50. The lowest BCUT2D eigenvalue weighted by Crippen LogP contribution is -3.12. The highest BCUT2D eigenvalue weighted by molar-refractivity contribution is 7.18. The second-order valence-electron chi connectivity index (χ2n) is 8.28. The van der Waals surface area contributed by atoms with Gasteiger partial charge in [0.2, 0.25) is 5.88 Å². The van der Waals surface area contributed by atoms with Crippen LogP contribution in [0.1, 0.15) is 46.3 Å². The van der Waals surface area contributed by atoms with Crippen molar-refractivity contribution in [1.82, 2.24) is 9.97 Å². The van der Waals surface area contributed by atoms with Crippen LogP contribution < -0.4 is 9.64 Å². The Morgan fingerprint density at radius 3 is 2.90 bits per heavy atom. The van der Waals surface area contributed by atoms with Crippen molar-refractivity contribution in [1.29, 1.82) is 0 Å². The molecule has 0 bridgehead atoms. The zero-order valence-electron chi connectivity index (χ0n) is 17.5. The van der Waals surface area contributed by atoms with Gasteiger partial charge in [-0.2, -0.15) is 4.98 Å². The van der Waals surface area contributed by atoms with Gasteiger partial charge < -0.3 is 19.5 Å². The van der Waals surface area contributed by atoms with Gasteiger partial charge in [0.05, 0.1) is 24.7 Å². The van der Waals surface area contributed by atoms with Crippen molar-refractivity contribution in [3.05, 3.63) is 45.6 Å². The van der Waals surface area contributed by atoms with Crippen LogP contribution in [0.5, 0.6) is 11.6 Å². The zero-order chi connectivity index (χ0) is 20.7. The number of aliphatic hydroxyl groups is 1. The van der Waals surface area contributed by atoms with Crippen LogP contribution >= 0.6 is 11.3 Å². The zero-order valence-corrected chi connectivity index (χ0v) is 18.3. The maximum absolute atomic E-state index is 10.4. The van der Waals surface area contributed by atoms with E-state index >= 15 is 0 Å². The number of thiophene rings is 1. The number of aryl methyl sites for hydroxylation is 2. The molecule has 2 aliphatic rings. The third-order valence-corrected chi connectivity index (χ3v) is 7.39. The summed E-state index contributed by atoms with van der Waals surface area (Å²) in [5.41, 5.74) is 3.27. The van der Waals surface area contributed by atoms with Gasteiger partial charge in [-0.05, 0) is 50.3 Å². The van der Waals surface area contributed by atoms with Crippen molar-refractivity contribution in [2.75, 3.05) is 26.3 Å². The Morgan fingerprint density at radius 2 is 2.07 bits per heavy atom. The third kappa shape index (κ3) is 3.71. The first kappa shape index (κ1) is 19.9. The maximum atomic E-state index is 10.4. The number of benzene rings is 1. The van der Waals surface area contributed by atoms with Crippen LogP contribution in [0.4, 0.5) is 0 Å². The molecule has 158 valence electrons. The molecular weight excluding hydrogens is 398 g/mol. The molecule has 3 heterocycles. The van der Waals surface area contributed by atoms with Crippen molar-refractivity contribution < 1.29 is 19.5 Å². The lowest BCUT2D eigenvalue weighted by atomic mass is 9.89. The molecule has 0 amide bonds. The molecule has 30 heavy (non-hydrogen) atoms. The molecule has 2 N–H and O–H groups in total. The normalized spacial score (nSPS) is 19.8. The topological polar surface area (TPSA) is 68.9 Å². The van der Waals surface area contributed by atoms with Crippen LogP contribution in [0.25, 0.3) is 10.2 Å². The SMILES string of the molecule is Cc1sc2nc(C[NH+]3CCOCC3)nc(Oc3cccc4c3CCC[C@@H]4O)c2c1C. The van der Waals surface area contributed by atoms with Gasteiger partial charge in [-0.1, -0.05) is 12.1 Å². The van der Waals surface area contributed by atoms with Crippen molar-refractivity contribution in [3.63, 3.8) is 0 Å². The third-order valence-electron chi connectivity index (χ3n) is 6.29. The Kier molecular flexibility index (Phi) is 5.45. The number of quaternary nitrogens is 1. The van der Waals surface area contributed by atoms with E-state index in [1.54, 1.807) is 11.3 Å². The lowest BCUT2D eigenvalue weighted by molar-refractivity contribution is -0.922. The molecule has 0 spiro atoms. The lowest BCUT2D eigenvalue weighted by Gasteiger charge is -2.24. The van der Waals surface area contributed by atoms with E-state index in [0.29, 0.717) is 5.88 Å². The minimum atomic E-state index is -0.409. The summed E-state index contributed by atoms with van der Waals surface area (Å²) in [6.45, 7) is 8.54. The van der Waals surface area contributed by atoms with Gasteiger partial charge in [0.25, 0.3) is 0 Å². The second-order valence-corrected chi connectivity index (χ2v) is 9.48. The average molecular weight is 427 g/mol. The molecule has 1 aromatic carbocycles.